The van der Waals surface area contributed by atoms with Crippen LogP contribution in [0.3, 0.4) is 0 Å². The summed E-state index contributed by atoms with van der Waals surface area (Å²) < 4.78 is 33.1. The van der Waals surface area contributed by atoms with Gasteiger partial charge >= 0.3 is 0 Å². The topological polar surface area (TPSA) is 166 Å². The second-order valence-electron chi connectivity index (χ2n) is 9.20. The van der Waals surface area contributed by atoms with Crippen molar-refractivity contribution in [2.45, 2.75) is 45.6 Å². The third-order valence-electron chi connectivity index (χ3n) is 6.21. The maximum Gasteiger partial charge on any atom is 0.295 e. The third-order valence-corrected chi connectivity index (χ3v) is 7.74. The number of methoxy groups -OCH3 is 1. The Bertz CT molecular complexity index is 1640. The molecule has 0 radical (unpaired) electrons. The van der Waals surface area contributed by atoms with Crippen LogP contribution in [0.2, 0.25) is 0 Å². The molecule has 0 bridgehead atoms. The summed E-state index contributed by atoms with van der Waals surface area (Å²) in [5.74, 6) is 1.10. The van der Waals surface area contributed by atoms with Crippen molar-refractivity contribution in [1.82, 2.24) is 34.2 Å². The molecule has 1 saturated carbocycles. The van der Waals surface area contributed by atoms with E-state index in [4.69, 9.17) is 9.72 Å². The third kappa shape index (κ3) is 5.86. The van der Waals surface area contributed by atoms with Crippen molar-refractivity contribution in [2.75, 3.05) is 26.0 Å². The number of rotatable bonds is 11. The normalized spacial score (nSPS) is 14.6. The van der Waals surface area contributed by atoms with Gasteiger partial charge in [-0.3, -0.25) is 14.4 Å². The van der Waals surface area contributed by atoms with E-state index in [1.54, 1.807) is 6.20 Å². The van der Waals surface area contributed by atoms with E-state index in [1.807, 2.05) is 13.8 Å². The van der Waals surface area contributed by atoms with Crippen molar-refractivity contribution in [3.8, 4) is 17.3 Å². The van der Waals surface area contributed by atoms with Gasteiger partial charge in [0, 0.05) is 12.0 Å². The molecule has 206 valence electrons. The summed E-state index contributed by atoms with van der Waals surface area (Å²) in [6.45, 7) is 8.83. The van der Waals surface area contributed by atoms with Crippen LogP contribution in [-0.4, -0.2) is 65.3 Å². The molecule has 3 aromatic heterocycles. The van der Waals surface area contributed by atoms with Crippen LogP contribution in [0.15, 0.2) is 45.1 Å². The van der Waals surface area contributed by atoms with Crippen LogP contribution in [0.5, 0.6) is 5.88 Å². The molecule has 1 fully saturated rings. The van der Waals surface area contributed by atoms with Gasteiger partial charge in [0.2, 0.25) is 15.9 Å². The summed E-state index contributed by atoms with van der Waals surface area (Å²) in [7, 11) is -0.695. The Morgan fingerprint density at radius 3 is 2.62 bits per heavy atom. The van der Waals surface area contributed by atoms with E-state index in [2.05, 4.69) is 41.7 Å². The van der Waals surface area contributed by atoms with Crippen LogP contribution in [0.4, 0.5) is 5.82 Å². The largest absolute Gasteiger partial charge is 0.480 e. The number of aliphatic imine (C=N–C) groups is 1. The van der Waals surface area contributed by atoms with E-state index < -0.39 is 10.0 Å². The minimum atomic E-state index is -3.56. The van der Waals surface area contributed by atoms with E-state index in [-0.39, 0.29) is 28.9 Å². The molecule has 14 heteroatoms. The summed E-state index contributed by atoms with van der Waals surface area (Å²) in [6, 6.07) is -0.243. The van der Waals surface area contributed by atoms with Gasteiger partial charge in [0.1, 0.15) is 17.4 Å². The molecule has 13 nitrogen and oxygen atoms in total. The molecule has 0 atom stereocenters. The molecule has 3 heterocycles. The maximum absolute atomic E-state index is 13.5. The number of ether oxygens (including phenoxy) is 1. The molecule has 0 aliphatic heterocycles. The first-order valence-corrected chi connectivity index (χ1v) is 13.8. The fourth-order valence-electron chi connectivity index (χ4n) is 3.94. The van der Waals surface area contributed by atoms with Crippen molar-refractivity contribution < 1.29 is 13.2 Å². The number of hydrogen-bond acceptors (Lipinski definition) is 11. The summed E-state index contributed by atoms with van der Waals surface area (Å²) >= 11 is 0. The molecule has 1 aliphatic rings. The monoisotopic (exact) mass is 553 g/mol. The lowest BCUT2D eigenvalue weighted by atomic mass is 10.1. The molecule has 0 aromatic carbocycles. The van der Waals surface area contributed by atoms with Gasteiger partial charge in [-0.2, -0.15) is 0 Å². The zero-order chi connectivity index (χ0) is 28.3. The van der Waals surface area contributed by atoms with Gasteiger partial charge in [-0.15, -0.1) is 0 Å². The molecule has 0 spiro atoms. The number of nitrogens with zero attached hydrogens (tertiary/aromatic N) is 7. The fraction of sp³-hybridized carbons (Fsp3) is 0.400. The highest BCUT2D eigenvalue weighted by Gasteiger charge is 2.31. The average Bonchev–Trinajstić information content (AvgIpc) is 3.77. The molecule has 0 unspecified atom stereocenters. The standard InChI is InChI=1S/C25H31N9O4S/c1-14(2)34-23-18(12-29-21(33-23)19-20(16-8-9-16)30-13-31-24(19)38-6)32-22(25(34)35)28-11-17(26-4)10-7-15(3)39(36,37)27-5/h7,10,12-14,16,27H,4,8-9,11H2,1-3,5-6H3,(H,28,32)/b15-7+,17-10-. The van der Waals surface area contributed by atoms with Crippen LogP contribution in [-0.2, 0) is 10.0 Å². The maximum atomic E-state index is 13.5. The lowest BCUT2D eigenvalue weighted by molar-refractivity contribution is 0.397. The number of hydrogen-bond donors (Lipinski definition) is 2. The van der Waals surface area contributed by atoms with Crippen LogP contribution >= 0.6 is 0 Å². The number of sulfonamides is 1. The highest BCUT2D eigenvalue weighted by Crippen LogP contribution is 2.44. The van der Waals surface area contributed by atoms with Gasteiger partial charge in [0.15, 0.2) is 17.3 Å². The van der Waals surface area contributed by atoms with Crippen molar-refractivity contribution in [3.05, 3.63) is 51.3 Å². The van der Waals surface area contributed by atoms with Crippen LogP contribution in [0.1, 0.15) is 51.3 Å². The Kier molecular flexibility index (Phi) is 8.16. The van der Waals surface area contributed by atoms with Crippen molar-refractivity contribution in [1.29, 1.82) is 0 Å². The molecule has 3 aromatic rings. The first kappa shape index (κ1) is 28.0. The minimum Gasteiger partial charge on any atom is -0.480 e. The average molecular weight is 554 g/mol. The molecule has 2 N–H and O–H groups in total. The van der Waals surface area contributed by atoms with E-state index in [0.29, 0.717) is 40.0 Å². The highest BCUT2D eigenvalue weighted by molar-refractivity contribution is 7.93. The Balaban J connectivity index is 1.74. The quantitative estimate of drug-likeness (QED) is 0.266. The first-order valence-electron chi connectivity index (χ1n) is 12.3. The molecule has 1 aliphatic carbocycles. The summed E-state index contributed by atoms with van der Waals surface area (Å²) in [5, 5.41) is 2.99. The van der Waals surface area contributed by atoms with Gasteiger partial charge in [-0.1, -0.05) is 0 Å². The molecule has 39 heavy (non-hydrogen) atoms. The predicted molar refractivity (Wildman–Crippen MR) is 149 cm³/mol. The lowest BCUT2D eigenvalue weighted by Gasteiger charge is -2.16. The fourth-order valence-corrected chi connectivity index (χ4v) is 4.50. The van der Waals surface area contributed by atoms with Crippen LogP contribution < -0.4 is 20.3 Å². The molecule has 4 rings (SSSR count). The second-order valence-corrected chi connectivity index (χ2v) is 11.3. The number of anilines is 1. The minimum absolute atomic E-state index is 0.0740. The SMILES string of the molecule is C=N/C(=C\C=C(/C)S(=O)(=O)NC)CNc1nc2cnc(-c3c(OC)ncnc3C3CC3)nc2n(C(C)C)c1=O. The summed E-state index contributed by atoms with van der Waals surface area (Å²) in [6.07, 6.45) is 7.98. The number of nitrogens with one attached hydrogen (secondary N) is 2. The van der Waals surface area contributed by atoms with Gasteiger partial charge in [-0.25, -0.2) is 38.1 Å². The van der Waals surface area contributed by atoms with Gasteiger partial charge in [-0.05, 0) is 59.5 Å². The second kappa shape index (κ2) is 11.4. The van der Waals surface area contributed by atoms with Crippen molar-refractivity contribution in [3.63, 3.8) is 0 Å². The molecular formula is C25H31N9O4S. The Labute approximate surface area is 226 Å². The first-order chi connectivity index (χ1) is 18.6. The van der Waals surface area contributed by atoms with E-state index in [9.17, 15) is 13.2 Å². The molecule has 0 saturated heterocycles. The highest BCUT2D eigenvalue weighted by atomic mass is 32.2. The van der Waals surface area contributed by atoms with Gasteiger partial charge in [0.05, 0.1) is 36.1 Å². The number of aromatic nitrogens is 6. The number of fused-ring (bicyclic) bond motifs is 1. The zero-order valence-electron chi connectivity index (χ0n) is 22.5. The zero-order valence-corrected chi connectivity index (χ0v) is 23.3. The summed E-state index contributed by atoms with van der Waals surface area (Å²) in [5.41, 5.74) is 2.25. The summed E-state index contributed by atoms with van der Waals surface area (Å²) in [4.78, 5) is 40.0. The molecule has 0 amide bonds. The van der Waals surface area contributed by atoms with Crippen LogP contribution in [0.25, 0.3) is 22.6 Å². The predicted octanol–water partition coefficient (Wildman–Crippen LogP) is 2.56. The number of allylic oxidation sites excluding steroid dienone is 3. The van der Waals surface area contributed by atoms with E-state index in [1.165, 1.54) is 44.1 Å². The smallest absolute Gasteiger partial charge is 0.295 e. The molecular weight excluding hydrogens is 522 g/mol. The van der Waals surface area contributed by atoms with E-state index >= 15 is 0 Å². The van der Waals surface area contributed by atoms with Gasteiger partial charge < -0.3 is 10.1 Å². The van der Waals surface area contributed by atoms with Crippen LogP contribution in [0, 0.1) is 0 Å². The van der Waals surface area contributed by atoms with Crippen molar-refractivity contribution in [2.24, 2.45) is 4.99 Å². The Morgan fingerprint density at radius 2 is 2.00 bits per heavy atom. The Hall–Kier alpha value is -4.04. The lowest BCUT2D eigenvalue weighted by Crippen LogP contribution is -2.28. The van der Waals surface area contributed by atoms with Gasteiger partial charge in [0.25, 0.3) is 5.56 Å². The van der Waals surface area contributed by atoms with E-state index in [0.717, 1.165) is 18.5 Å². The van der Waals surface area contributed by atoms with Crippen molar-refractivity contribution >= 4 is 33.7 Å². The Morgan fingerprint density at radius 1 is 1.26 bits per heavy atom.